The minimum Gasteiger partial charge on any atom is -0.497 e. The van der Waals surface area contributed by atoms with Gasteiger partial charge in [0.1, 0.15) is 11.6 Å². The monoisotopic (exact) mass is 279 g/mol. The number of aromatic nitrogens is 2. The lowest BCUT2D eigenvalue weighted by atomic mass is 10.1. The highest BCUT2D eigenvalue weighted by molar-refractivity contribution is 5.58. The van der Waals surface area contributed by atoms with Crippen molar-refractivity contribution < 1.29 is 4.74 Å². The summed E-state index contributed by atoms with van der Waals surface area (Å²) in [6.07, 6.45) is 3.78. The molecular formula is C17H17N3O. The van der Waals surface area contributed by atoms with Crippen molar-refractivity contribution in [1.29, 1.82) is 0 Å². The first-order valence-electron chi connectivity index (χ1n) is 6.76. The fourth-order valence-electron chi connectivity index (χ4n) is 2.35. The Morgan fingerprint density at radius 3 is 2.81 bits per heavy atom. The Hall–Kier alpha value is -2.75. The molecule has 21 heavy (non-hydrogen) atoms. The maximum absolute atomic E-state index is 5.83. The van der Waals surface area contributed by atoms with Crippen molar-refractivity contribution in [3.8, 4) is 17.1 Å². The van der Waals surface area contributed by atoms with Gasteiger partial charge in [0, 0.05) is 30.2 Å². The average molecular weight is 279 g/mol. The van der Waals surface area contributed by atoms with Crippen molar-refractivity contribution in [1.82, 2.24) is 9.55 Å². The number of hydrogen-bond acceptors (Lipinski definition) is 3. The second kappa shape index (κ2) is 5.71. The van der Waals surface area contributed by atoms with Crippen LogP contribution in [0.1, 0.15) is 5.56 Å². The summed E-state index contributed by atoms with van der Waals surface area (Å²) in [7, 11) is 1.67. The van der Waals surface area contributed by atoms with Gasteiger partial charge in [-0.05, 0) is 29.8 Å². The number of nitrogens with two attached hydrogens (primary N) is 1. The van der Waals surface area contributed by atoms with Gasteiger partial charge >= 0.3 is 0 Å². The highest BCUT2D eigenvalue weighted by Gasteiger charge is 2.07. The smallest absolute Gasteiger partial charge is 0.140 e. The van der Waals surface area contributed by atoms with Crippen LogP contribution in [0.3, 0.4) is 0 Å². The van der Waals surface area contributed by atoms with E-state index in [1.54, 1.807) is 13.3 Å². The molecule has 0 radical (unpaired) electrons. The molecule has 4 heteroatoms. The van der Waals surface area contributed by atoms with Gasteiger partial charge in [-0.25, -0.2) is 4.98 Å². The topological polar surface area (TPSA) is 53.1 Å². The first kappa shape index (κ1) is 13.2. The minimum atomic E-state index is 0.734. The molecule has 1 heterocycles. The van der Waals surface area contributed by atoms with Gasteiger partial charge in [-0.15, -0.1) is 0 Å². The predicted octanol–water partition coefficient (Wildman–Crippen LogP) is 3.19. The molecule has 0 aliphatic rings. The molecule has 0 atom stereocenters. The largest absolute Gasteiger partial charge is 0.497 e. The van der Waals surface area contributed by atoms with E-state index in [4.69, 9.17) is 10.5 Å². The quantitative estimate of drug-likeness (QED) is 0.746. The molecule has 106 valence electrons. The highest BCUT2D eigenvalue weighted by atomic mass is 16.5. The number of nitrogens with zero attached hydrogens (tertiary/aromatic N) is 2. The van der Waals surface area contributed by atoms with Gasteiger partial charge < -0.3 is 15.0 Å². The molecule has 0 aliphatic carbocycles. The van der Waals surface area contributed by atoms with Crippen LogP contribution < -0.4 is 10.5 Å². The normalized spacial score (nSPS) is 10.5. The molecule has 4 nitrogen and oxygen atoms in total. The van der Waals surface area contributed by atoms with Crippen LogP contribution in [0.2, 0.25) is 0 Å². The average Bonchev–Trinajstić information content (AvgIpc) is 2.95. The van der Waals surface area contributed by atoms with Crippen LogP contribution in [0.5, 0.6) is 5.75 Å². The molecule has 2 N–H and O–H groups in total. The van der Waals surface area contributed by atoms with E-state index in [-0.39, 0.29) is 0 Å². The van der Waals surface area contributed by atoms with Crippen molar-refractivity contribution in [2.75, 3.05) is 12.8 Å². The van der Waals surface area contributed by atoms with Crippen molar-refractivity contribution in [2.24, 2.45) is 0 Å². The first-order valence-corrected chi connectivity index (χ1v) is 6.76. The second-order valence-electron chi connectivity index (χ2n) is 4.86. The molecule has 2 aromatic carbocycles. The molecular weight excluding hydrogens is 262 g/mol. The lowest BCUT2D eigenvalue weighted by Gasteiger charge is -2.09. The van der Waals surface area contributed by atoms with E-state index in [2.05, 4.69) is 15.6 Å². The maximum Gasteiger partial charge on any atom is 0.140 e. The van der Waals surface area contributed by atoms with Gasteiger partial charge in [-0.2, -0.15) is 0 Å². The van der Waals surface area contributed by atoms with E-state index in [0.717, 1.165) is 34.9 Å². The van der Waals surface area contributed by atoms with Crippen LogP contribution in [0.15, 0.2) is 60.9 Å². The minimum absolute atomic E-state index is 0.734. The molecule has 0 saturated heterocycles. The van der Waals surface area contributed by atoms with Crippen molar-refractivity contribution in [3.63, 3.8) is 0 Å². The number of hydrogen-bond donors (Lipinski definition) is 1. The molecule has 0 unspecified atom stereocenters. The van der Waals surface area contributed by atoms with Crippen LogP contribution in [-0.2, 0) is 6.54 Å². The molecule has 0 amide bonds. The SMILES string of the molecule is COc1cccc(-c2nccn2Cc2cccc(N)c2)c1. The summed E-state index contributed by atoms with van der Waals surface area (Å²) in [4.78, 5) is 4.46. The second-order valence-corrected chi connectivity index (χ2v) is 4.86. The molecule has 1 aromatic heterocycles. The third-order valence-electron chi connectivity index (χ3n) is 3.35. The van der Waals surface area contributed by atoms with Crippen LogP contribution in [0, 0.1) is 0 Å². The van der Waals surface area contributed by atoms with Gasteiger partial charge in [-0.1, -0.05) is 24.3 Å². The number of nitrogen functional groups attached to an aromatic ring is 1. The van der Waals surface area contributed by atoms with Gasteiger partial charge in [0.15, 0.2) is 0 Å². The number of anilines is 1. The summed E-state index contributed by atoms with van der Waals surface area (Å²) >= 11 is 0. The fraction of sp³-hybridized carbons (Fsp3) is 0.118. The van der Waals surface area contributed by atoms with E-state index in [1.807, 2.05) is 48.7 Å². The van der Waals surface area contributed by atoms with Crippen molar-refractivity contribution >= 4 is 5.69 Å². The van der Waals surface area contributed by atoms with Gasteiger partial charge in [0.05, 0.1) is 7.11 Å². The third kappa shape index (κ3) is 2.89. The summed E-state index contributed by atoms with van der Waals surface area (Å²) < 4.78 is 7.37. The number of benzene rings is 2. The highest BCUT2D eigenvalue weighted by Crippen LogP contribution is 2.23. The van der Waals surface area contributed by atoms with Crippen molar-refractivity contribution in [3.05, 3.63) is 66.5 Å². The van der Waals surface area contributed by atoms with Crippen LogP contribution in [-0.4, -0.2) is 16.7 Å². The summed E-state index contributed by atoms with van der Waals surface area (Å²) in [6.45, 7) is 0.734. The zero-order valence-corrected chi connectivity index (χ0v) is 11.9. The maximum atomic E-state index is 5.83. The third-order valence-corrected chi connectivity index (χ3v) is 3.35. The fourth-order valence-corrected chi connectivity index (χ4v) is 2.35. The Morgan fingerprint density at radius 2 is 2.00 bits per heavy atom. The number of methoxy groups -OCH3 is 1. The number of ether oxygens (including phenoxy) is 1. The zero-order chi connectivity index (χ0) is 14.7. The van der Waals surface area contributed by atoms with E-state index >= 15 is 0 Å². The first-order chi connectivity index (χ1) is 10.3. The summed E-state index contributed by atoms with van der Waals surface area (Å²) in [5.41, 5.74) is 8.79. The van der Waals surface area contributed by atoms with E-state index < -0.39 is 0 Å². The molecule has 0 bridgehead atoms. The number of imidazole rings is 1. The van der Waals surface area contributed by atoms with E-state index in [0.29, 0.717) is 0 Å². The molecule has 3 rings (SSSR count). The molecule has 0 spiro atoms. The summed E-state index contributed by atoms with van der Waals surface area (Å²) in [6, 6.07) is 15.8. The Kier molecular flexibility index (Phi) is 3.60. The van der Waals surface area contributed by atoms with Crippen LogP contribution >= 0.6 is 0 Å². The Morgan fingerprint density at radius 1 is 1.14 bits per heavy atom. The lowest BCUT2D eigenvalue weighted by Crippen LogP contribution is -2.01. The Labute approximate surface area is 123 Å². The molecule has 3 aromatic rings. The molecule has 0 saturated carbocycles. The van der Waals surface area contributed by atoms with Gasteiger partial charge in [0.25, 0.3) is 0 Å². The van der Waals surface area contributed by atoms with Crippen molar-refractivity contribution in [2.45, 2.75) is 6.54 Å². The van der Waals surface area contributed by atoms with E-state index in [1.165, 1.54) is 0 Å². The number of rotatable bonds is 4. The van der Waals surface area contributed by atoms with Gasteiger partial charge in [-0.3, -0.25) is 0 Å². The lowest BCUT2D eigenvalue weighted by molar-refractivity contribution is 0.415. The van der Waals surface area contributed by atoms with E-state index in [9.17, 15) is 0 Å². The molecule has 0 fully saturated rings. The standard InChI is InChI=1S/C17H17N3O/c1-21-16-7-3-5-14(11-16)17-19-8-9-20(17)12-13-4-2-6-15(18)10-13/h2-11H,12,18H2,1H3. The van der Waals surface area contributed by atoms with Gasteiger partial charge in [0.2, 0.25) is 0 Å². The summed E-state index contributed by atoms with van der Waals surface area (Å²) in [5.74, 6) is 1.74. The molecule has 0 aliphatic heterocycles. The predicted molar refractivity (Wildman–Crippen MR) is 84.2 cm³/mol. The van der Waals surface area contributed by atoms with Crippen LogP contribution in [0.4, 0.5) is 5.69 Å². The zero-order valence-electron chi connectivity index (χ0n) is 11.9. The Bertz CT molecular complexity index is 749. The Balaban J connectivity index is 1.93. The van der Waals surface area contributed by atoms with Crippen LogP contribution in [0.25, 0.3) is 11.4 Å². The summed E-state index contributed by atoms with van der Waals surface area (Å²) in [5, 5.41) is 0.